The molecule has 1 aliphatic rings. The van der Waals surface area contributed by atoms with E-state index in [4.69, 9.17) is 9.47 Å². The highest BCUT2D eigenvalue weighted by Gasteiger charge is 2.24. The summed E-state index contributed by atoms with van der Waals surface area (Å²) in [7, 11) is 5.13. The Morgan fingerprint density at radius 2 is 2.10 bits per heavy atom. The van der Waals surface area contributed by atoms with Crippen molar-refractivity contribution < 1.29 is 23.9 Å². The van der Waals surface area contributed by atoms with Crippen LogP contribution in [0.2, 0.25) is 0 Å². The number of hydrogen-bond donors (Lipinski definition) is 1. The summed E-state index contributed by atoms with van der Waals surface area (Å²) in [6.07, 6.45) is 6.90. The van der Waals surface area contributed by atoms with Crippen LogP contribution in [0.4, 0.5) is 4.79 Å². The van der Waals surface area contributed by atoms with Crippen LogP contribution in [0.15, 0.2) is 12.5 Å². The largest absolute Gasteiger partial charge is 0.467 e. The van der Waals surface area contributed by atoms with E-state index in [-0.39, 0.29) is 12.3 Å². The number of unbranched alkanes of at least 4 members (excludes halogenated alkanes) is 1. The quantitative estimate of drug-likeness (QED) is 0.341. The van der Waals surface area contributed by atoms with Crippen LogP contribution in [-0.2, 0) is 25.5 Å². The number of esters is 1. The Balaban J connectivity index is 1.84. The van der Waals surface area contributed by atoms with E-state index >= 15 is 0 Å². The van der Waals surface area contributed by atoms with Crippen molar-refractivity contribution in [1.82, 2.24) is 14.9 Å². The summed E-state index contributed by atoms with van der Waals surface area (Å²) < 4.78 is 11.3. The highest BCUT2D eigenvalue weighted by Crippen LogP contribution is 2.39. The number of aromatic nitrogens is 2. The van der Waals surface area contributed by atoms with Crippen molar-refractivity contribution in [2.45, 2.75) is 76.2 Å². The van der Waals surface area contributed by atoms with Gasteiger partial charge in [-0.2, -0.15) is 0 Å². The Kier molecular flexibility index (Phi) is 9.54. The maximum absolute atomic E-state index is 12.3. The minimum absolute atomic E-state index is 0.129. The van der Waals surface area contributed by atoms with Crippen LogP contribution in [0.5, 0.6) is 0 Å². The molecular formula is C20H31N3O5S2. The summed E-state index contributed by atoms with van der Waals surface area (Å²) in [5.74, 6) is 0.473. The summed E-state index contributed by atoms with van der Waals surface area (Å²) in [5, 5.41) is 3.43. The molecule has 2 atom stereocenters. The SMILES string of the molecule is COC(=O)[C@H](Cc1cn(C(=O)OC(C)(C)C)cn1)NC(=O)CCCCC1CCSS1. The smallest absolute Gasteiger partial charge is 0.419 e. The lowest BCUT2D eigenvalue weighted by Gasteiger charge is -2.19. The number of nitrogens with zero attached hydrogens (tertiary/aromatic N) is 2. The number of carbonyl (C=O) groups excluding carboxylic acids is 3. The number of ether oxygens (including phenoxy) is 2. The Morgan fingerprint density at radius 1 is 1.33 bits per heavy atom. The first-order valence-corrected chi connectivity index (χ1v) is 12.5. The lowest BCUT2D eigenvalue weighted by Crippen LogP contribution is -2.43. The molecule has 1 N–H and O–H groups in total. The van der Waals surface area contributed by atoms with Crippen molar-refractivity contribution in [3.05, 3.63) is 18.2 Å². The third-order valence-electron chi connectivity index (χ3n) is 4.38. The maximum Gasteiger partial charge on any atom is 0.419 e. The van der Waals surface area contributed by atoms with E-state index in [1.165, 1.54) is 36.4 Å². The minimum Gasteiger partial charge on any atom is -0.467 e. The van der Waals surface area contributed by atoms with Crippen molar-refractivity contribution in [3.63, 3.8) is 0 Å². The number of imidazole rings is 1. The van der Waals surface area contributed by atoms with Gasteiger partial charge < -0.3 is 14.8 Å². The van der Waals surface area contributed by atoms with Crippen molar-refractivity contribution >= 4 is 39.6 Å². The molecule has 0 aromatic carbocycles. The average Bonchev–Trinajstić information content (AvgIpc) is 3.34. The monoisotopic (exact) mass is 457 g/mol. The molecule has 1 aliphatic heterocycles. The first kappa shape index (κ1) is 24.6. The van der Waals surface area contributed by atoms with Gasteiger partial charge >= 0.3 is 12.1 Å². The van der Waals surface area contributed by atoms with Gasteiger partial charge in [-0.15, -0.1) is 0 Å². The minimum atomic E-state index is -0.855. The molecule has 1 amide bonds. The van der Waals surface area contributed by atoms with Crippen LogP contribution in [0.3, 0.4) is 0 Å². The van der Waals surface area contributed by atoms with Crippen LogP contribution >= 0.6 is 21.6 Å². The second kappa shape index (κ2) is 11.6. The number of carbonyl (C=O) groups is 3. The van der Waals surface area contributed by atoms with E-state index in [1.807, 2.05) is 21.6 Å². The molecule has 1 unspecified atom stereocenters. The fourth-order valence-corrected chi connectivity index (χ4v) is 5.94. The van der Waals surface area contributed by atoms with Gasteiger partial charge in [0.2, 0.25) is 5.91 Å². The number of hydrogen-bond acceptors (Lipinski definition) is 8. The van der Waals surface area contributed by atoms with Crippen molar-refractivity contribution in [3.8, 4) is 0 Å². The highest BCUT2D eigenvalue weighted by atomic mass is 33.1. The van der Waals surface area contributed by atoms with Crippen LogP contribution in [0.25, 0.3) is 0 Å². The second-order valence-electron chi connectivity index (χ2n) is 8.17. The van der Waals surface area contributed by atoms with Crippen molar-refractivity contribution in [2.75, 3.05) is 12.9 Å². The summed E-state index contributed by atoms with van der Waals surface area (Å²) in [6.45, 7) is 5.32. The summed E-state index contributed by atoms with van der Waals surface area (Å²) in [5.41, 5.74) is -0.147. The molecule has 0 saturated carbocycles. The molecular weight excluding hydrogens is 426 g/mol. The first-order valence-electron chi connectivity index (χ1n) is 10.1. The van der Waals surface area contributed by atoms with E-state index in [0.29, 0.717) is 17.4 Å². The van der Waals surface area contributed by atoms with Crippen LogP contribution in [0, 0.1) is 0 Å². The van der Waals surface area contributed by atoms with Crippen LogP contribution in [-0.4, -0.2) is 57.3 Å². The molecule has 0 radical (unpaired) electrons. The molecule has 2 rings (SSSR count). The van der Waals surface area contributed by atoms with Crippen LogP contribution in [0.1, 0.15) is 58.6 Å². The summed E-state index contributed by atoms with van der Waals surface area (Å²) in [6, 6.07) is -0.855. The molecule has 0 aliphatic carbocycles. The third-order valence-corrected chi connectivity index (χ3v) is 7.39. The molecule has 168 valence electrons. The fourth-order valence-electron chi connectivity index (χ4n) is 2.92. The second-order valence-corrected chi connectivity index (χ2v) is 11.0. The zero-order chi connectivity index (χ0) is 22.1. The van der Waals surface area contributed by atoms with Gasteiger partial charge in [-0.25, -0.2) is 19.1 Å². The predicted molar refractivity (Wildman–Crippen MR) is 118 cm³/mol. The molecule has 1 saturated heterocycles. The number of methoxy groups -OCH3 is 1. The molecule has 1 aromatic heterocycles. The summed E-state index contributed by atoms with van der Waals surface area (Å²) >= 11 is 0. The number of rotatable bonds is 9. The standard InChI is InChI=1S/C20H31N3O5S2/c1-20(2,3)28-19(26)23-12-14(21-13-23)11-16(18(25)27-4)22-17(24)8-6-5-7-15-9-10-29-30-15/h12-13,15-16H,5-11H2,1-4H3,(H,22,24)/t15?,16-/m0/s1. The van der Waals surface area contributed by atoms with E-state index in [9.17, 15) is 14.4 Å². The van der Waals surface area contributed by atoms with Gasteiger partial charge in [-0.3, -0.25) is 4.79 Å². The fraction of sp³-hybridized carbons (Fsp3) is 0.700. The van der Waals surface area contributed by atoms with Gasteiger partial charge in [-0.1, -0.05) is 28.0 Å². The lowest BCUT2D eigenvalue weighted by molar-refractivity contribution is -0.145. The summed E-state index contributed by atoms with van der Waals surface area (Å²) in [4.78, 5) is 40.7. The van der Waals surface area contributed by atoms with Gasteiger partial charge in [0.05, 0.1) is 12.8 Å². The van der Waals surface area contributed by atoms with Crippen LogP contribution < -0.4 is 5.32 Å². The number of nitrogens with one attached hydrogen (secondary N) is 1. The van der Waals surface area contributed by atoms with E-state index in [0.717, 1.165) is 19.3 Å². The Bertz CT molecular complexity index is 726. The molecule has 2 heterocycles. The van der Waals surface area contributed by atoms with Gasteiger partial charge in [0, 0.05) is 30.0 Å². The first-order chi connectivity index (χ1) is 14.2. The molecule has 30 heavy (non-hydrogen) atoms. The predicted octanol–water partition coefficient (Wildman–Crippen LogP) is 3.58. The topological polar surface area (TPSA) is 99.5 Å². The Hall–Kier alpha value is -1.68. The molecule has 1 aromatic rings. The van der Waals surface area contributed by atoms with Gasteiger partial charge in [0.1, 0.15) is 18.0 Å². The van der Waals surface area contributed by atoms with E-state index in [2.05, 4.69) is 10.3 Å². The highest BCUT2D eigenvalue weighted by molar-refractivity contribution is 8.77. The molecule has 0 bridgehead atoms. The van der Waals surface area contributed by atoms with E-state index in [1.54, 1.807) is 20.8 Å². The lowest BCUT2D eigenvalue weighted by atomic mass is 10.1. The van der Waals surface area contributed by atoms with Crippen molar-refractivity contribution in [1.29, 1.82) is 0 Å². The van der Waals surface area contributed by atoms with Gasteiger partial charge in [0.25, 0.3) is 0 Å². The molecule has 10 heteroatoms. The zero-order valence-corrected chi connectivity index (χ0v) is 19.6. The molecule has 0 spiro atoms. The molecule has 8 nitrogen and oxygen atoms in total. The number of amides is 1. The van der Waals surface area contributed by atoms with Crippen molar-refractivity contribution in [2.24, 2.45) is 0 Å². The third kappa shape index (κ3) is 8.59. The maximum atomic E-state index is 12.3. The normalized spacial score (nSPS) is 17.4. The Morgan fingerprint density at radius 3 is 2.73 bits per heavy atom. The molecule has 1 fully saturated rings. The van der Waals surface area contributed by atoms with E-state index < -0.39 is 23.7 Å². The van der Waals surface area contributed by atoms with Gasteiger partial charge in [0.15, 0.2) is 0 Å². The zero-order valence-electron chi connectivity index (χ0n) is 18.0. The van der Waals surface area contributed by atoms with Gasteiger partial charge in [-0.05, 0) is 40.0 Å². The Labute approximate surface area is 185 Å². The average molecular weight is 458 g/mol.